The Hall–Kier alpha value is -0.870. The molecule has 0 saturated carbocycles. The van der Waals surface area contributed by atoms with E-state index in [0.717, 1.165) is 4.88 Å². The molecule has 0 saturated heterocycles. The molecule has 0 aliphatic rings. The molecule has 0 fully saturated rings. The summed E-state index contributed by atoms with van der Waals surface area (Å²) >= 11 is 1.48. The van der Waals surface area contributed by atoms with Gasteiger partial charge in [-0.3, -0.25) is 4.79 Å². The Balaban J connectivity index is 2.56. The standard InChI is InChI=1S/C7H9NO2S/c8-5(4-7(9)10)6-2-1-3-11-6/h1-3,5H,4,8H2,(H,9,10). The first-order valence-corrected chi connectivity index (χ1v) is 4.09. The van der Waals surface area contributed by atoms with E-state index in [2.05, 4.69) is 0 Å². The number of carbonyl (C=O) groups is 1. The topological polar surface area (TPSA) is 63.3 Å². The van der Waals surface area contributed by atoms with E-state index in [0.29, 0.717) is 0 Å². The molecule has 1 unspecified atom stereocenters. The molecule has 4 heteroatoms. The normalized spacial score (nSPS) is 12.8. The largest absolute Gasteiger partial charge is 0.481 e. The molecule has 0 aromatic carbocycles. The summed E-state index contributed by atoms with van der Waals surface area (Å²) in [6, 6.07) is 3.35. The van der Waals surface area contributed by atoms with Crippen LogP contribution in [0.25, 0.3) is 0 Å². The molecule has 3 N–H and O–H groups in total. The Labute approximate surface area is 68.5 Å². The predicted molar refractivity (Wildman–Crippen MR) is 43.5 cm³/mol. The van der Waals surface area contributed by atoms with Crippen LogP contribution in [-0.4, -0.2) is 11.1 Å². The maximum Gasteiger partial charge on any atom is 0.305 e. The highest BCUT2D eigenvalue weighted by Crippen LogP contribution is 2.18. The number of aliphatic carboxylic acids is 1. The Morgan fingerprint density at radius 1 is 1.82 bits per heavy atom. The molecule has 1 aromatic heterocycles. The van der Waals surface area contributed by atoms with Gasteiger partial charge in [0.1, 0.15) is 0 Å². The van der Waals surface area contributed by atoms with E-state index in [4.69, 9.17) is 10.8 Å². The van der Waals surface area contributed by atoms with Crippen molar-refractivity contribution >= 4 is 17.3 Å². The minimum atomic E-state index is -0.856. The third kappa shape index (κ3) is 2.32. The van der Waals surface area contributed by atoms with Crippen LogP contribution in [0.1, 0.15) is 17.3 Å². The quantitative estimate of drug-likeness (QED) is 0.718. The summed E-state index contributed by atoms with van der Waals surface area (Å²) in [6.45, 7) is 0. The fourth-order valence-electron chi connectivity index (χ4n) is 0.791. The number of hydrogen-bond acceptors (Lipinski definition) is 3. The van der Waals surface area contributed by atoms with E-state index in [1.54, 1.807) is 0 Å². The fraction of sp³-hybridized carbons (Fsp3) is 0.286. The fourth-order valence-corrected chi connectivity index (χ4v) is 1.52. The van der Waals surface area contributed by atoms with Crippen LogP contribution in [0.15, 0.2) is 17.5 Å². The van der Waals surface area contributed by atoms with Gasteiger partial charge in [-0.15, -0.1) is 11.3 Å². The lowest BCUT2D eigenvalue weighted by molar-refractivity contribution is -0.137. The average molecular weight is 171 g/mol. The first-order chi connectivity index (χ1) is 5.20. The first-order valence-electron chi connectivity index (χ1n) is 3.21. The molecule has 1 heterocycles. The number of nitrogens with two attached hydrogens (primary N) is 1. The van der Waals surface area contributed by atoms with Crippen LogP contribution in [-0.2, 0) is 4.79 Å². The van der Waals surface area contributed by atoms with Crippen molar-refractivity contribution in [1.29, 1.82) is 0 Å². The van der Waals surface area contributed by atoms with Gasteiger partial charge in [0.25, 0.3) is 0 Å². The summed E-state index contributed by atoms with van der Waals surface area (Å²) < 4.78 is 0. The van der Waals surface area contributed by atoms with Crippen LogP contribution < -0.4 is 5.73 Å². The molecule has 60 valence electrons. The predicted octanol–water partition coefficient (Wildman–Crippen LogP) is 1.22. The Morgan fingerprint density at radius 2 is 2.55 bits per heavy atom. The van der Waals surface area contributed by atoms with Crippen molar-refractivity contribution in [1.82, 2.24) is 0 Å². The monoisotopic (exact) mass is 171 g/mol. The second-order valence-electron chi connectivity index (χ2n) is 2.22. The van der Waals surface area contributed by atoms with Crippen LogP contribution >= 0.6 is 11.3 Å². The molecule has 1 rings (SSSR count). The zero-order chi connectivity index (χ0) is 8.27. The molecule has 0 aliphatic carbocycles. The molecule has 0 radical (unpaired) electrons. The molecule has 0 amide bonds. The van der Waals surface area contributed by atoms with E-state index in [1.165, 1.54) is 11.3 Å². The molecular formula is C7H9NO2S. The minimum Gasteiger partial charge on any atom is -0.481 e. The van der Waals surface area contributed by atoms with Crippen molar-refractivity contribution in [3.05, 3.63) is 22.4 Å². The number of thiophene rings is 1. The molecule has 0 spiro atoms. The zero-order valence-corrected chi connectivity index (χ0v) is 6.67. The number of carboxylic acids is 1. The van der Waals surface area contributed by atoms with E-state index in [-0.39, 0.29) is 12.5 Å². The maximum absolute atomic E-state index is 10.2. The minimum absolute atomic E-state index is 0.000509. The third-order valence-electron chi connectivity index (χ3n) is 1.30. The van der Waals surface area contributed by atoms with Gasteiger partial charge in [-0.05, 0) is 11.4 Å². The summed E-state index contributed by atoms with van der Waals surface area (Å²) in [5.41, 5.74) is 5.57. The van der Waals surface area contributed by atoms with Crippen LogP contribution in [0.4, 0.5) is 0 Å². The molecular weight excluding hydrogens is 162 g/mol. The highest BCUT2D eigenvalue weighted by Gasteiger charge is 2.10. The van der Waals surface area contributed by atoms with Gasteiger partial charge in [0.15, 0.2) is 0 Å². The summed E-state index contributed by atoms with van der Waals surface area (Å²) in [6.07, 6.45) is 0.000509. The number of carboxylic acid groups (broad SMARTS) is 1. The van der Waals surface area contributed by atoms with Gasteiger partial charge in [0.2, 0.25) is 0 Å². The van der Waals surface area contributed by atoms with Crippen LogP contribution in [0.3, 0.4) is 0 Å². The van der Waals surface area contributed by atoms with E-state index >= 15 is 0 Å². The van der Waals surface area contributed by atoms with Gasteiger partial charge in [0, 0.05) is 10.9 Å². The summed E-state index contributed by atoms with van der Waals surface area (Å²) in [5, 5.41) is 10.3. The third-order valence-corrected chi connectivity index (χ3v) is 2.31. The van der Waals surface area contributed by atoms with E-state index < -0.39 is 5.97 Å². The van der Waals surface area contributed by atoms with Crippen molar-refractivity contribution in [3.63, 3.8) is 0 Å². The van der Waals surface area contributed by atoms with Gasteiger partial charge in [-0.2, -0.15) is 0 Å². The first kappa shape index (κ1) is 8.23. The Kier molecular flexibility index (Phi) is 2.62. The van der Waals surface area contributed by atoms with Crippen molar-refractivity contribution in [2.24, 2.45) is 5.73 Å². The lowest BCUT2D eigenvalue weighted by Crippen LogP contribution is -2.13. The highest BCUT2D eigenvalue weighted by atomic mass is 32.1. The summed E-state index contributed by atoms with van der Waals surface area (Å²) in [5.74, 6) is -0.856. The highest BCUT2D eigenvalue weighted by molar-refractivity contribution is 7.10. The summed E-state index contributed by atoms with van der Waals surface area (Å²) in [7, 11) is 0. The van der Waals surface area contributed by atoms with E-state index in [1.807, 2.05) is 17.5 Å². The maximum atomic E-state index is 10.2. The van der Waals surface area contributed by atoms with Crippen molar-refractivity contribution in [2.45, 2.75) is 12.5 Å². The van der Waals surface area contributed by atoms with Crippen molar-refractivity contribution in [3.8, 4) is 0 Å². The molecule has 1 aromatic rings. The van der Waals surface area contributed by atoms with Gasteiger partial charge >= 0.3 is 5.97 Å². The van der Waals surface area contributed by atoms with Crippen molar-refractivity contribution < 1.29 is 9.90 Å². The molecule has 11 heavy (non-hydrogen) atoms. The van der Waals surface area contributed by atoms with Crippen LogP contribution in [0.2, 0.25) is 0 Å². The smallest absolute Gasteiger partial charge is 0.305 e. The van der Waals surface area contributed by atoms with Gasteiger partial charge in [-0.1, -0.05) is 6.07 Å². The van der Waals surface area contributed by atoms with Crippen LogP contribution in [0, 0.1) is 0 Å². The second-order valence-corrected chi connectivity index (χ2v) is 3.20. The van der Waals surface area contributed by atoms with Gasteiger partial charge in [0.05, 0.1) is 6.42 Å². The van der Waals surface area contributed by atoms with Crippen molar-refractivity contribution in [2.75, 3.05) is 0 Å². The SMILES string of the molecule is NC(CC(=O)O)c1cccs1. The van der Waals surface area contributed by atoms with Gasteiger partial charge < -0.3 is 10.8 Å². The molecule has 0 bridgehead atoms. The summed E-state index contributed by atoms with van der Waals surface area (Å²) in [4.78, 5) is 11.2. The molecule has 0 aliphatic heterocycles. The number of hydrogen-bond donors (Lipinski definition) is 2. The van der Waals surface area contributed by atoms with E-state index in [9.17, 15) is 4.79 Å². The Morgan fingerprint density at radius 3 is 3.00 bits per heavy atom. The van der Waals surface area contributed by atoms with Crippen LogP contribution in [0.5, 0.6) is 0 Å². The zero-order valence-electron chi connectivity index (χ0n) is 5.86. The number of rotatable bonds is 3. The lowest BCUT2D eigenvalue weighted by atomic mass is 10.2. The second kappa shape index (κ2) is 3.50. The molecule has 3 nitrogen and oxygen atoms in total. The average Bonchev–Trinajstić information content (AvgIpc) is 2.35. The Bertz CT molecular complexity index is 233. The molecule has 1 atom stereocenters. The lowest BCUT2D eigenvalue weighted by Gasteiger charge is -2.03. The van der Waals surface area contributed by atoms with Gasteiger partial charge in [-0.25, -0.2) is 0 Å².